The number of aromatic nitrogens is 3. The summed E-state index contributed by atoms with van der Waals surface area (Å²) < 4.78 is 1.57. The van der Waals surface area contributed by atoms with Gasteiger partial charge in [0.2, 0.25) is 5.91 Å². The summed E-state index contributed by atoms with van der Waals surface area (Å²) in [5.41, 5.74) is 2.67. The molecule has 140 valence electrons. The number of hydrogen-bond donors (Lipinski definition) is 1. The van der Waals surface area contributed by atoms with Gasteiger partial charge in [-0.15, -0.1) is 0 Å². The average molecular weight is 372 g/mol. The summed E-state index contributed by atoms with van der Waals surface area (Å²) in [6.45, 7) is 1.77. The third-order valence-corrected chi connectivity index (χ3v) is 5.78. The van der Waals surface area contributed by atoms with Gasteiger partial charge in [0.25, 0.3) is 5.56 Å². The van der Waals surface area contributed by atoms with E-state index in [1.165, 1.54) is 0 Å². The summed E-state index contributed by atoms with van der Waals surface area (Å²) in [4.78, 5) is 35.9. The minimum absolute atomic E-state index is 0.0727. The largest absolute Gasteiger partial charge is 0.361 e. The van der Waals surface area contributed by atoms with Crippen molar-refractivity contribution in [2.45, 2.75) is 25.4 Å². The lowest BCUT2D eigenvalue weighted by atomic mass is 9.99. The Bertz CT molecular complexity index is 1290. The van der Waals surface area contributed by atoms with Crippen molar-refractivity contribution in [3.05, 3.63) is 76.5 Å². The Kier molecular flexibility index (Phi) is 3.62. The van der Waals surface area contributed by atoms with Crippen LogP contribution in [0.1, 0.15) is 30.4 Å². The van der Waals surface area contributed by atoms with Gasteiger partial charge in [-0.05, 0) is 30.7 Å². The molecule has 0 unspecified atom stereocenters. The molecule has 28 heavy (non-hydrogen) atoms. The van der Waals surface area contributed by atoms with Crippen LogP contribution in [0.2, 0.25) is 0 Å². The van der Waals surface area contributed by atoms with E-state index in [4.69, 9.17) is 4.98 Å². The first-order chi connectivity index (χ1) is 13.6. The molecule has 1 aliphatic heterocycles. The number of para-hydroxylation sites is 2. The number of carbonyl (C=O) groups excluding carboxylic acids is 1. The maximum absolute atomic E-state index is 13.1. The zero-order valence-electron chi connectivity index (χ0n) is 15.7. The Morgan fingerprint density at radius 2 is 1.75 bits per heavy atom. The molecule has 6 heteroatoms. The van der Waals surface area contributed by atoms with Gasteiger partial charge in [0.15, 0.2) is 0 Å². The number of nitrogens with zero attached hydrogens (tertiary/aromatic N) is 3. The quantitative estimate of drug-likeness (QED) is 0.587. The molecule has 1 aliphatic rings. The van der Waals surface area contributed by atoms with E-state index in [2.05, 4.69) is 11.1 Å². The van der Waals surface area contributed by atoms with Crippen LogP contribution in [0.3, 0.4) is 0 Å². The average Bonchev–Trinajstić information content (AvgIpc) is 3.12. The Morgan fingerprint density at radius 1 is 1.04 bits per heavy atom. The van der Waals surface area contributed by atoms with Gasteiger partial charge < -0.3 is 9.88 Å². The number of rotatable bonds is 2. The summed E-state index contributed by atoms with van der Waals surface area (Å²) in [5.74, 6) is 0.570. The van der Waals surface area contributed by atoms with Crippen LogP contribution in [0.15, 0.2) is 59.5 Å². The lowest BCUT2D eigenvalue weighted by molar-refractivity contribution is -0.137. The normalized spacial score (nSPS) is 19.4. The Hall–Kier alpha value is -3.41. The number of benzene rings is 2. The fraction of sp³-hybridized carbons (Fsp3) is 0.227. The maximum atomic E-state index is 13.1. The van der Waals surface area contributed by atoms with Gasteiger partial charge in [0.05, 0.1) is 16.9 Å². The van der Waals surface area contributed by atoms with Crippen LogP contribution in [0.5, 0.6) is 0 Å². The third kappa shape index (κ3) is 2.30. The van der Waals surface area contributed by atoms with E-state index in [1.54, 1.807) is 29.5 Å². The van der Waals surface area contributed by atoms with Crippen molar-refractivity contribution in [1.82, 2.24) is 19.4 Å². The SMILES string of the molecule is C[C@H]1C(=O)N(C)[C@H](Cc2c[nH]c3ccccc23)c2nc3ccccc3c(=O)n21. The minimum atomic E-state index is -0.566. The van der Waals surface area contributed by atoms with Gasteiger partial charge in [0.1, 0.15) is 11.9 Å². The van der Waals surface area contributed by atoms with Gasteiger partial charge >= 0.3 is 0 Å². The lowest BCUT2D eigenvalue weighted by Gasteiger charge is -2.37. The van der Waals surface area contributed by atoms with Crippen molar-refractivity contribution in [3.63, 3.8) is 0 Å². The molecule has 0 saturated heterocycles. The van der Waals surface area contributed by atoms with Crippen LogP contribution in [0.4, 0.5) is 0 Å². The zero-order chi connectivity index (χ0) is 19.4. The first-order valence-corrected chi connectivity index (χ1v) is 9.39. The second-order valence-corrected chi connectivity index (χ2v) is 7.37. The number of nitrogens with one attached hydrogen (secondary N) is 1. The van der Waals surface area contributed by atoms with E-state index in [-0.39, 0.29) is 17.5 Å². The maximum Gasteiger partial charge on any atom is 0.262 e. The number of hydrogen-bond acceptors (Lipinski definition) is 3. The molecule has 2 atom stereocenters. The smallest absolute Gasteiger partial charge is 0.262 e. The molecule has 2 aromatic carbocycles. The summed E-state index contributed by atoms with van der Waals surface area (Å²) >= 11 is 0. The van der Waals surface area contributed by atoms with E-state index in [1.807, 2.05) is 42.6 Å². The van der Waals surface area contributed by atoms with Gasteiger partial charge in [-0.1, -0.05) is 30.3 Å². The molecular formula is C22H20N4O2. The predicted molar refractivity (Wildman–Crippen MR) is 108 cm³/mol. The van der Waals surface area contributed by atoms with Crippen molar-refractivity contribution < 1.29 is 4.79 Å². The second-order valence-electron chi connectivity index (χ2n) is 7.37. The molecule has 6 nitrogen and oxygen atoms in total. The highest BCUT2D eigenvalue weighted by molar-refractivity contribution is 5.85. The second kappa shape index (κ2) is 6.05. The fourth-order valence-corrected chi connectivity index (χ4v) is 4.24. The molecular weight excluding hydrogens is 352 g/mol. The summed E-state index contributed by atoms with van der Waals surface area (Å²) in [7, 11) is 1.79. The van der Waals surface area contributed by atoms with Crippen LogP contribution in [0, 0.1) is 0 Å². The number of likely N-dealkylation sites (N-methyl/N-ethyl adjacent to an activating group) is 1. The van der Waals surface area contributed by atoms with Crippen LogP contribution in [-0.2, 0) is 11.2 Å². The van der Waals surface area contributed by atoms with E-state index in [9.17, 15) is 9.59 Å². The number of carbonyl (C=O) groups is 1. The molecule has 0 saturated carbocycles. The molecule has 0 spiro atoms. The molecule has 3 heterocycles. The summed E-state index contributed by atoms with van der Waals surface area (Å²) in [6.07, 6.45) is 2.56. The number of H-pyrrole nitrogens is 1. The summed E-state index contributed by atoms with van der Waals surface area (Å²) in [6, 6.07) is 14.5. The molecule has 0 fully saturated rings. The third-order valence-electron chi connectivity index (χ3n) is 5.78. The molecule has 4 aromatic rings. The van der Waals surface area contributed by atoms with Gasteiger partial charge in [-0.2, -0.15) is 0 Å². The van der Waals surface area contributed by atoms with Gasteiger partial charge in [-0.25, -0.2) is 4.98 Å². The van der Waals surface area contributed by atoms with Crippen LogP contribution in [0.25, 0.3) is 21.8 Å². The van der Waals surface area contributed by atoms with E-state index in [0.717, 1.165) is 16.5 Å². The van der Waals surface area contributed by atoms with Crippen molar-refractivity contribution in [3.8, 4) is 0 Å². The van der Waals surface area contributed by atoms with Gasteiger partial charge in [-0.3, -0.25) is 14.2 Å². The zero-order valence-corrected chi connectivity index (χ0v) is 15.7. The first-order valence-electron chi connectivity index (χ1n) is 9.39. The molecule has 0 bridgehead atoms. The van der Waals surface area contributed by atoms with Crippen molar-refractivity contribution in [2.75, 3.05) is 7.05 Å². The fourth-order valence-electron chi connectivity index (χ4n) is 4.24. The van der Waals surface area contributed by atoms with Gasteiger partial charge in [0, 0.05) is 30.6 Å². The van der Waals surface area contributed by atoms with E-state index >= 15 is 0 Å². The molecule has 0 radical (unpaired) electrons. The Balaban J connectivity index is 1.71. The Labute approximate surface area is 161 Å². The highest BCUT2D eigenvalue weighted by Gasteiger charge is 2.37. The van der Waals surface area contributed by atoms with E-state index < -0.39 is 6.04 Å². The highest BCUT2D eigenvalue weighted by Crippen LogP contribution is 2.33. The lowest BCUT2D eigenvalue weighted by Crippen LogP contribution is -2.48. The first kappa shape index (κ1) is 16.7. The molecule has 2 aromatic heterocycles. The number of amides is 1. The Morgan fingerprint density at radius 3 is 2.57 bits per heavy atom. The molecule has 1 N–H and O–H groups in total. The summed E-state index contributed by atoms with van der Waals surface area (Å²) in [5, 5.41) is 1.66. The standard InChI is InChI=1S/C22H20N4O2/c1-13-21(27)25(2)19(11-14-12-23-17-9-5-3-7-15(14)17)20-24-18-10-6-4-8-16(18)22(28)26(13)20/h3-10,12-13,19,23H,11H2,1-2H3/t13-,19+/m0/s1. The van der Waals surface area contributed by atoms with Crippen molar-refractivity contribution >= 4 is 27.7 Å². The van der Waals surface area contributed by atoms with Crippen molar-refractivity contribution in [2.24, 2.45) is 0 Å². The van der Waals surface area contributed by atoms with E-state index in [0.29, 0.717) is 23.1 Å². The van der Waals surface area contributed by atoms with Crippen LogP contribution >= 0.6 is 0 Å². The predicted octanol–water partition coefficient (Wildman–Crippen LogP) is 3.19. The van der Waals surface area contributed by atoms with Crippen LogP contribution < -0.4 is 5.56 Å². The number of fused-ring (bicyclic) bond motifs is 3. The highest BCUT2D eigenvalue weighted by atomic mass is 16.2. The minimum Gasteiger partial charge on any atom is -0.361 e. The molecule has 0 aliphatic carbocycles. The number of aromatic amines is 1. The monoisotopic (exact) mass is 372 g/mol. The molecule has 5 rings (SSSR count). The van der Waals surface area contributed by atoms with Crippen molar-refractivity contribution in [1.29, 1.82) is 0 Å². The van der Waals surface area contributed by atoms with Crippen LogP contribution in [-0.4, -0.2) is 32.4 Å². The topological polar surface area (TPSA) is 71.0 Å². The molecule has 1 amide bonds.